The van der Waals surface area contributed by atoms with Gasteiger partial charge in [0.15, 0.2) is 0 Å². The first-order chi connectivity index (χ1) is 9.20. The van der Waals surface area contributed by atoms with Gasteiger partial charge in [-0.05, 0) is 29.2 Å². The zero-order valence-corrected chi connectivity index (χ0v) is 12.2. The van der Waals surface area contributed by atoms with Crippen molar-refractivity contribution in [3.05, 3.63) is 36.0 Å². The Balaban J connectivity index is 1.99. The summed E-state index contributed by atoms with van der Waals surface area (Å²) in [5.74, 6) is 3.29. The molecular formula is C16H19ClN2. The molecule has 2 unspecified atom stereocenters. The highest BCUT2D eigenvalue weighted by molar-refractivity contribution is 6.18. The van der Waals surface area contributed by atoms with E-state index in [0.29, 0.717) is 5.88 Å². The molecule has 0 spiro atoms. The van der Waals surface area contributed by atoms with Gasteiger partial charge in [-0.1, -0.05) is 31.2 Å². The first-order valence-corrected chi connectivity index (χ1v) is 7.38. The number of aromatic nitrogens is 1. The first kappa shape index (κ1) is 12.7. The highest BCUT2D eigenvalue weighted by atomic mass is 35.5. The maximum atomic E-state index is 6.00. The van der Waals surface area contributed by atoms with Crippen LogP contribution in [-0.2, 0) is 5.88 Å². The Kier molecular flexibility index (Phi) is 3.36. The zero-order chi connectivity index (χ0) is 13.4. The Morgan fingerprint density at radius 2 is 2.00 bits per heavy atom. The van der Waals surface area contributed by atoms with Crippen molar-refractivity contribution in [3.63, 3.8) is 0 Å². The van der Waals surface area contributed by atoms with Gasteiger partial charge in [-0.3, -0.25) is 0 Å². The highest BCUT2D eigenvalue weighted by Crippen LogP contribution is 2.39. The summed E-state index contributed by atoms with van der Waals surface area (Å²) in [6, 6.07) is 8.40. The van der Waals surface area contributed by atoms with Gasteiger partial charge in [-0.2, -0.15) is 0 Å². The summed E-state index contributed by atoms with van der Waals surface area (Å²) in [6.07, 6.45) is 3.26. The van der Waals surface area contributed by atoms with Gasteiger partial charge in [-0.15, -0.1) is 11.6 Å². The monoisotopic (exact) mass is 274 g/mol. The number of halogens is 1. The minimum absolute atomic E-state index is 0.511. The quantitative estimate of drug-likeness (QED) is 0.782. The van der Waals surface area contributed by atoms with Gasteiger partial charge in [0.1, 0.15) is 5.82 Å². The molecule has 0 amide bonds. The third-order valence-electron chi connectivity index (χ3n) is 4.15. The highest BCUT2D eigenvalue weighted by Gasteiger charge is 2.33. The maximum absolute atomic E-state index is 6.00. The van der Waals surface area contributed by atoms with Crippen LogP contribution in [0.25, 0.3) is 10.8 Å². The molecule has 1 heterocycles. The van der Waals surface area contributed by atoms with Crippen LogP contribution in [-0.4, -0.2) is 18.6 Å². The first-order valence-electron chi connectivity index (χ1n) is 6.84. The van der Waals surface area contributed by atoms with Crippen LogP contribution in [0.2, 0.25) is 0 Å². The molecular weight excluding hydrogens is 256 g/mol. The van der Waals surface area contributed by atoms with E-state index in [1.165, 1.54) is 17.2 Å². The molecule has 0 radical (unpaired) electrons. The Morgan fingerprint density at radius 3 is 2.63 bits per heavy atom. The number of nitrogens with zero attached hydrogens (tertiary/aromatic N) is 2. The van der Waals surface area contributed by atoms with Gasteiger partial charge in [0.25, 0.3) is 0 Å². The molecule has 1 aromatic heterocycles. The average Bonchev–Trinajstić information content (AvgIpc) is 3.12. The summed E-state index contributed by atoms with van der Waals surface area (Å²) in [4.78, 5) is 6.91. The molecule has 1 fully saturated rings. The van der Waals surface area contributed by atoms with E-state index in [1.807, 2.05) is 6.20 Å². The van der Waals surface area contributed by atoms with Crippen LogP contribution >= 0.6 is 11.6 Å². The van der Waals surface area contributed by atoms with E-state index in [4.69, 9.17) is 11.6 Å². The average molecular weight is 275 g/mol. The van der Waals surface area contributed by atoms with E-state index in [9.17, 15) is 0 Å². The van der Waals surface area contributed by atoms with E-state index in [2.05, 4.69) is 48.1 Å². The number of fused-ring (bicyclic) bond motifs is 1. The SMILES string of the molecule is CC1CC1CN(C)c1ncc(CCl)c2ccccc12. The fourth-order valence-corrected chi connectivity index (χ4v) is 2.95. The number of benzene rings is 1. The van der Waals surface area contributed by atoms with Crippen LogP contribution in [0.4, 0.5) is 5.82 Å². The summed E-state index contributed by atoms with van der Waals surface area (Å²) in [5, 5.41) is 2.43. The van der Waals surface area contributed by atoms with E-state index in [1.54, 1.807) is 0 Å². The lowest BCUT2D eigenvalue weighted by molar-refractivity contribution is 0.721. The van der Waals surface area contributed by atoms with Crippen molar-refractivity contribution >= 4 is 28.2 Å². The third-order valence-corrected chi connectivity index (χ3v) is 4.43. The normalized spacial score (nSPS) is 21.6. The summed E-state index contributed by atoms with van der Waals surface area (Å²) >= 11 is 6.00. The van der Waals surface area contributed by atoms with Gasteiger partial charge in [0.05, 0.1) is 0 Å². The van der Waals surface area contributed by atoms with Crippen molar-refractivity contribution in [1.29, 1.82) is 0 Å². The molecule has 3 rings (SSSR count). The van der Waals surface area contributed by atoms with Crippen LogP contribution in [0, 0.1) is 11.8 Å². The minimum Gasteiger partial charge on any atom is -0.359 e. The van der Waals surface area contributed by atoms with Crippen molar-refractivity contribution in [2.75, 3.05) is 18.5 Å². The Bertz CT molecular complexity index is 596. The van der Waals surface area contributed by atoms with Crippen molar-refractivity contribution in [2.24, 2.45) is 11.8 Å². The van der Waals surface area contributed by atoms with E-state index in [-0.39, 0.29) is 0 Å². The molecule has 1 aliphatic carbocycles. The molecule has 19 heavy (non-hydrogen) atoms. The van der Waals surface area contributed by atoms with Gasteiger partial charge >= 0.3 is 0 Å². The lowest BCUT2D eigenvalue weighted by Gasteiger charge is -2.20. The van der Waals surface area contributed by atoms with Gasteiger partial charge < -0.3 is 4.90 Å². The lowest BCUT2D eigenvalue weighted by Crippen LogP contribution is -2.22. The maximum Gasteiger partial charge on any atom is 0.136 e. The number of hydrogen-bond acceptors (Lipinski definition) is 2. The third kappa shape index (κ3) is 2.42. The number of pyridine rings is 1. The topological polar surface area (TPSA) is 16.1 Å². The van der Waals surface area contributed by atoms with Crippen LogP contribution in [0.1, 0.15) is 18.9 Å². The molecule has 0 saturated heterocycles. The summed E-state index contributed by atoms with van der Waals surface area (Å²) < 4.78 is 0. The van der Waals surface area contributed by atoms with E-state index in [0.717, 1.165) is 29.8 Å². The molecule has 1 saturated carbocycles. The summed E-state index contributed by atoms with van der Waals surface area (Å²) in [7, 11) is 2.14. The van der Waals surface area contributed by atoms with Crippen LogP contribution in [0.5, 0.6) is 0 Å². The van der Waals surface area contributed by atoms with Crippen molar-refractivity contribution in [2.45, 2.75) is 19.2 Å². The molecule has 100 valence electrons. The summed E-state index contributed by atoms with van der Waals surface area (Å²) in [5.41, 5.74) is 1.11. The second kappa shape index (κ2) is 5.01. The van der Waals surface area contributed by atoms with E-state index < -0.39 is 0 Å². The van der Waals surface area contributed by atoms with Gasteiger partial charge in [-0.25, -0.2) is 4.98 Å². The van der Waals surface area contributed by atoms with Crippen LogP contribution < -0.4 is 4.90 Å². The fourth-order valence-electron chi connectivity index (χ4n) is 2.74. The number of hydrogen-bond donors (Lipinski definition) is 0. The minimum atomic E-state index is 0.511. The summed E-state index contributed by atoms with van der Waals surface area (Å²) in [6.45, 7) is 3.42. The largest absolute Gasteiger partial charge is 0.359 e. The molecule has 0 aliphatic heterocycles. The number of rotatable bonds is 4. The Labute approximate surface area is 119 Å². The second-order valence-electron chi connectivity index (χ2n) is 5.64. The van der Waals surface area contributed by atoms with Crippen LogP contribution in [0.15, 0.2) is 30.5 Å². The zero-order valence-electron chi connectivity index (χ0n) is 11.4. The standard InChI is InChI=1S/C16H19ClN2/c1-11-7-12(11)10-19(2)16-15-6-4-3-5-14(15)13(8-17)9-18-16/h3-6,9,11-12H,7-8,10H2,1-2H3. The molecule has 1 aromatic carbocycles. The number of alkyl halides is 1. The van der Waals surface area contributed by atoms with E-state index >= 15 is 0 Å². The second-order valence-corrected chi connectivity index (χ2v) is 5.91. The molecule has 2 aromatic rings. The molecule has 3 heteroatoms. The predicted molar refractivity (Wildman–Crippen MR) is 81.8 cm³/mol. The Hall–Kier alpha value is -1.28. The van der Waals surface area contributed by atoms with Crippen molar-refractivity contribution in [3.8, 4) is 0 Å². The van der Waals surface area contributed by atoms with Crippen molar-refractivity contribution in [1.82, 2.24) is 4.98 Å². The molecule has 0 N–H and O–H groups in total. The molecule has 1 aliphatic rings. The molecule has 2 nitrogen and oxygen atoms in total. The molecule has 2 atom stereocenters. The van der Waals surface area contributed by atoms with Crippen molar-refractivity contribution < 1.29 is 0 Å². The van der Waals surface area contributed by atoms with Crippen LogP contribution in [0.3, 0.4) is 0 Å². The smallest absolute Gasteiger partial charge is 0.136 e. The lowest BCUT2D eigenvalue weighted by atomic mass is 10.1. The number of anilines is 1. The fraction of sp³-hybridized carbons (Fsp3) is 0.438. The van der Waals surface area contributed by atoms with Gasteiger partial charge in [0, 0.05) is 31.1 Å². The predicted octanol–water partition coefficient (Wildman–Crippen LogP) is 4.07. The van der Waals surface area contributed by atoms with Gasteiger partial charge in [0.2, 0.25) is 0 Å². The Morgan fingerprint density at radius 1 is 1.32 bits per heavy atom. The molecule has 0 bridgehead atoms.